The fourth-order valence-corrected chi connectivity index (χ4v) is 4.91. The maximum absolute atomic E-state index is 11.6. The zero-order valence-electron chi connectivity index (χ0n) is 14.3. The zero-order chi connectivity index (χ0) is 17.2. The minimum Gasteiger partial charge on any atom is -0.393 e. The standard InChI is InChI=1S/C18H28N2O3S/c1-24(22,23)20-11-7-17(8-12-20)19-10-9-18(21)16(14-19)13-15-5-3-2-4-6-15/h2-6,16-18,21H,7-14H2,1H3/t16-,18-/m1/s1. The topological polar surface area (TPSA) is 60.9 Å². The van der Waals surface area contributed by atoms with Gasteiger partial charge in [-0.1, -0.05) is 30.3 Å². The monoisotopic (exact) mass is 352 g/mol. The van der Waals surface area contributed by atoms with Gasteiger partial charge in [0.2, 0.25) is 10.0 Å². The molecule has 2 heterocycles. The van der Waals surface area contributed by atoms with Crippen molar-refractivity contribution >= 4 is 10.0 Å². The predicted octanol–water partition coefficient (Wildman–Crippen LogP) is 1.34. The molecule has 6 heteroatoms. The molecule has 134 valence electrons. The van der Waals surface area contributed by atoms with Crippen LogP contribution in [-0.4, -0.2) is 67.3 Å². The molecule has 1 aromatic carbocycles. The van der Waals surface area contributed by atoms with Crippen molar-refractivity contribution in [2.75, 3.05) is 32.4 Å². The van der Waals surface area contributed by atoms with Gasteiger partial charge in [-0.25, -0.2) is 12.7 Å². The number of nitrogens with zero attached hydrogens (tertiary/aromatic N) is 2. The first-order valence-corrected chi connectivity index (χ1v) is 10.7. The molecular formula is C18H28N2O3S. The van der Waals surface area contributed by atoms with Gasteiger partial charge in [0, 0.05) is 38.1 Å². The Morgan fingerprint density at radius 1 is 1.08 bits per heavy atom. The summed E-state index contributed by atoms with van der Waals surface area (Å²) in [5.74, 6) is 0.258. The molecule has 0 aliphatic carbocycles. The van der Waals surface area contributed by atoms with E-state index in [0.29, 0.717) is 19.1 Å². The summed E-state index contributed by atoms with van der Waals surface area (Å²) in [6, 6.07) is 10.8. The van der Waals surface area contributed by atoms with Crippen LogP contribution in [0.2, 0.25) is 0 Å². The van der Waals surface area contributed by atoms with E-state index in [9.17, 15) is 13.5 Å². The Kier molecular flexibility index (Phi) is 5.59. The van der Waals surface area contributed by atoms with Gasteiger partial charge in [0.05, 0.1) is 12.4 Å². The van der Waals surface area contributed by atoms with Gasteiger partial charge in [0.1, 0.15) is 0 Å². The van der Waals surface area contributed by atoms with Crippen molar-refractivity contribution in [1.29, 1.82) is 0 Å². The lowest BCUT2D eigenvalue weighted by atomic mass is 9.87. The Morgan fingerprint density at radius 2 is 1.75 bits per heavy atom. The minimum atomic E-state index is -3.07. The van der Waals surface area contributed by atoms with E-state index >= 15 is 0 Å². The molecule has 2 aliphatic rings. The van der Waals surface area contributed by atoms with E-state index in [1.54, 1.807) is 4.31 Å². The molecule has 0 bridgehead atoms. The van der Waals surface area contributed by atoms with Gasteiger partial charge < -0.3 is 5.11 Å². The highest BCUT2D eigenvalue weighted by atomic mass is 32.2. The average Bonchev–Trinajstić information content (AvgIpc) is 2.57. The third-order valence-electron chi connectivity index (χ3n) is 5.47. The number of aliphatic hydroxyl groups is 1. The number of sulfonamides is 1. The summed E-state index contributed by atoms with van der Waals surface area (Å²) in [5, 5.41) is 10.4. The zero-order valence-corrected chi connectivity index (χ0v) is 15.2. The maximum Gasteiger partial charge on any atom is 0.211 e. The van der Waals surface area contributed by atoms with Crippen LogP contribution in [0.1, 0.15) is 24.8 Å². The van der Waals surface area contributed by atoms with E-state index in [-0.39, 0.29) is 12.0 Å². The van der Waals surface area contributed by atoms with Gasteiger partial charge in [0.25, 0.3) is 0 Å². The molecule has 0 unspecified atom stereocenters. The number of rotatable bonds is 4. The molecule has 2 atom stereocenters. The fourth-order valence-electron chi connectivity index (χ4n) is 4.04. The first-order valence-electron chi connectivity index (χ1n) is 8.84. The van der Waals surface area contributed by atoms with Crippen molar-refractivity contribution in [3.05, 3.63) is 35.9 Å². The van der Waals surface area contributed by atoms with E-state index in [2.05, 4.69) is 17.0 Å². The molecule has 2 fully saturated rings. The molecule has 0 amide bonds. The summed E-state index contributed by atoms with van der Waals surface area (Å²) in [6.07, 6.45) is 4.55. The van der Waals surface area contributed by atoms with Crippen LogP contribution < -0.4 is 0 Å². The van der Waals surface area contributed by atoms with Crippen LogP contribution in [0.4, 0.5) is 0 Å². The summed E-state index contributed by atoms with van der Waals surface area (Å²) in [7, 11) is -3.07. The summed E-state index contributed by atoms with van der Waals surface area (Å²) in [5.41, 5.74) is 1.27. The van der Waals surface area contributed by atoms with E-state index in [1.807, 2.05) is 18.2 Å². The SMILES string of the molecule is CS(=O)(=O)N1CCC(N2CC[C@@H](O)[C@H](Cc3ccccc3)C2)CC1. The molecular weight excluding hydrogens is 324 g/mol. The fraction of sp³-hybridized carbons (Fsp3) is 0.667. The van der Waals surface area contributed by atoms with Crippen LogP contribution in [0, 0.1) is 5.92 Å². The number of aliphatic hydroxyl groups excluding tert-OH is 1. The number of piperidine rings is 2. The van der Waals surface area contributed by atoms with Crippen molar-refractivity contribution in [2.45, 2.75) is 37.8 Å². The number of hydrogen-bond acceptors (Lipinski definition) is 4. The van der Waals surface area contributed by atoms with E-state index in [4.69, 9.17) is 0 Å². The van der Waals surface area contributed by atoms with Crippen LogP contribution in [0.15, 0.2) is 30.3 Å². The summed E-state index contributed by atoms with van der Waals surface area (Å²) >= 11 is 0. The Hall–Kier alpha value is -0.950. The van der Waals surface area contributed by atoms with Crippen LogP contribution in [0.5, 0.6) is 0 Å². The predicted molar refractivity (Wildman–Crippen MR) is 95.3 cm³/mol. The molecule has 0 aromatic heterocycles. The van der Waals surface area contributed by atoms with Gasteiger partial charge >= 0.3 is 0 Å². The van der Waals surface area contributed by atoms with Crippen LogP contribution in [-0.2, 0) is 16.4 Å². The number of benzene rings is 1. The summed E-state index contributed by atoms with van der Waals surface area (Å²) in [6.45, 7) is 3.05. The third-order valence-corrected chi connectivity index (χ3v) is 6.78. The van der Waals surface area contributed by atoms with E-state index < -0.39 is 10.0 Å². The van der Waals surface area contributed by atoms with Crippen LogP contribution >= 0.6 is 0 Å². The highest BCUT2D eigenvalue weighted by Gasteiger charge is 2.34. The Bertz CT molecular complexity index is 627. The Balaban J connectivity index is 1.58. The summed E-state index contributed by atoms with van der Waals surface area (Å²) < 4.78 is 24.9. The largest absolute Gasteiger partial charge is 0.393 e. The second-order valence-corrected chi connectivity index (χ2v) is 9.18. The van der Waals surface area contributed by atoms with Gasteiger partial charge in [-0.15, -0.1) is 0 Å². The van der Waals surface area contributed by atoms with Gasteiger partial charge in [-0.05, 0) is 31.2 Å². The molecule has 0 saturated carbocycles. The van der Waals surface area contributed by atoms with Gasteiger partial charge in [-0.2, -0.15) is 0 Å². The lowest BCUT2D eigenvalue weighted by Gasteiger charge is -2.43. The highest BCUT2D eigenvalue weighted by Crippen LogP contribution is 2.27. The number of likely N-dealkylation sites (tertiary alicyclic amines) is 1. The Morgan fingerprint density at radius 3 is 2.38 bits per heavy atom. The quantitative estimate of drug-likeness (QED) is 0.888. The van der Waals surface area contributed by atoms with E-state index in [0.717, 1.165) is 38.8 Å². The second-order valence-electron chi connectivity index (χ2n) is 7.19. The second kappa shape index (κ2) is 7.52. The van der Waals surface area contributed by atoms with Gasteiger partial charge in [-0.3, -0.25) is 4.90 Å². The highest BCUT2D eigenvalue weighted by molar-refractivity contribution is 7.88. The van der Waals surface area contributed by atoms with E-state index in [1.165, 1.54) is 11.8 Å². The maximum atomic E-state index is 11.6. The molecule has 2 aliphatic heterocycles. The first-order chi connectivity index (χ1) is 11.4. The van der Waals surface area contributed by atoms with Gasteiger partial charge in [0.15, 0.2) is 0 Å². The van der Waals surface area contributed by atoms with Crippen LogP contribution in [0.3, 0.4) is 0 Å². The minimum absolute atomic E-state index is 0.238. The smallest absolute Gasteiger partial charge is 0.211 e. The van der Waals surface area contributed by atoms with Crippen molar-refractivity contribution < 1.29 is 13.5 Å². The molecule has 1 aromatic rings. The average molecular weight is 353 g/mol. The van der Waals surface area contributed by atoms with Crippen molar-refractivity contribution in [1.82, 2.24) is 9.21 Å². The van der Waals surface area contributed by atoms with Crippen molar-refractivity contribution in [2.24, 2.45) is 5.92 Å². The van der Waals surface area contributed by atoms with Crippen LogP contribution in [0.25, 0.3) is 0 Å². The Labute approximate surface area is 145 Å². The normalized spacial score (nSPS) is 28.1. The first kappa shape index (κ1) is 17.9. The molecule has 0 spiro atoms. The molecule has 3 rings (SSSR count). The summed E-state index contributed by atoms with van der Waals surface area (Å²) in [4.78, 5) is 2.47. The van der Waals surface area contributed by atoms with Crippen molar-refractivity contribution in [3.8, 4) is 0 Å². The molecule has 0 radical (unpaired) electrons. The molecule has 5 nitrogen and oxygen atoms in total. The molecule has 1 N–H and O–H groups in total. The lowest BCUT2D eigenvalue weighted by molar-refractivity contribution is 0.000979. The lowest BCUT2D eigenvalue weighted by Crippen LogP contribution is -2.52. The van der Waals surface area contributed by atoms with Crippen molar-refractivity contribution in [3.63, 3.8) is 0 Å². The number of hydrogen-bond donors (Lipinski definition) is 1. The third kappa shape index (κ3) is 4.36. The molecule has 24 heavy (non-hydrogen) atoms. The molecule has 2 saturated heterocycles.